The molecule has 3 nitrogen and oxygen atoms in total. The van der Waals surface area contributed by atoms with Gasteiger partial charge in [-0.1, -0.05) is 24.3 Å². The zero-order valence-electron chi connectivity index (χ0n) is 11.7. The maximum Gasteiger partial charge on any atom is 0.132 e. The minimum absolute atomic E-state index is 0.671. The van der Waals surface area contributed by atoms with Crippen molar-refractivity contribution in [3.8, 4) is 10.6 Å². The molecule has 0 fully saturated rings. The fourth-order valence-electron chi connectivity index (χ4n) is 3.02. The van der Waals surface area contributed by atoms with Crippen LogP contribution in [-0.4, -0.2) is 15.1 Å². The molecule has 0 saturated heterocycles. The fraction of sp³-hybridized carbons (Fsp3) is 0.176. The van der Waals surface area contributed by atoms with Gasteiger partial charge in [0.1, 0.15) is 15.2 Å². The summed E-state index contributed by atoms with van der Waals surface area (Å²) in [6.07, 6.45) is 3.27. The van der Waals surface area contributed by atoms with Crippen molar-refractivity contribution in [1.82, 2.24) is 9.97 Å². The second-order valence-corrected chi connectivity index (χ2v) is 7.10. The van der Waals surface area contributed by atoms with Gasteiger partial charge in [-0.05, 0) is 52.0 Å². The van der Waals surface area contributed by atoms with Crippen LogP contribution in [0.1, 0.15) is 23.2 Å². The molecule has 4 rings (SSSR count). The molecule has 0 saturated carbocycles. The predicted molar refractivity (Wildman–Crippen MR) is 90.8 cm³/mol. The number of rotatable bonds is 2. The molecule has 1 N–H and O–H groups in total. The quantitative estimate of drug-likeness (QED) is 0.734. The number of nitrogens with zero attached hydrogens (tertiary/aromatic N) is 2. The van der Waals surface area contributed by atoms with Crippen LogP contribution < -0.4 is 0 Å². The van der Waals surface area contributed by atoms with Crippen LogP contribution in [0.2, 0.25) is 0 Å². The van der Waals surface area contributed by atoms with Crippen molar-refractivity contribution in [3.05, 3.63) is 69.4 Å². The normalized spacial score (nSPS) is 20.1. The molecule has 2 aromatic heterocycles. The van der Waals surface area contributed by atoms with Gasteiger partial charge in [0.15, 0.2) is 0 Å². The van der Waals surface area contributed by atoms with Gasteiger partial charge in [0, 0.05) is 17.1 Å². The van der Waals surface area contributed by atoms with E-state index in [2.05, 4.69) is 25.9 Å². The first-order valence-corrected chi connectivity index (χ1v) is 8.73. The van der Waals surface area contributed by atoms with E-state index in [0.29, 0.717) is 6.42 Å². The SMILES string of the molecule is OC1(c2cccc(-c3nc(Br)cs3)c2)CCc2cccnc21. The van der Waals surface area contributed by atoms with E-state index in [4.69, 9.17) is 0 Å². The molecule has 5 heteroatoms. The summed E-state index contributed by atoms with van der Waals surface area (Å²) in [6.45, 7) is 0. The molecule has 1 aromatic carbocycles. The van der Waals surface area contributed by atoms with Crippen LogP contribution in [0, 0.1) is 0 Å². The summed E-state index contributed by atoms with van der Waals surface area (Å²) < 4.78 is 0.837. The number of halogens is 1. The number of benzene rings is 1. The van der Waals surface area contributed by atoms with Gasteiger partial charge in [-0.2, -0.15) is 0 Å². The van der Waals surface area contributed by atoms with Gasteiger partial charge in [-0.3, -0.25) is 4.98 Å². The number of aromatic nitrogens is 2. The van der Waals surface area contributed by atoms with Crippen LogP contribution in [0.25, 0.3) is 10.6 Å². The van der Waals surface area contributed by atoms with Crippen molar-refractivity contribution in [2.75, 3.05) is 0 Å². The molecule has 0 spiro atoms. The van der Waals surface area contributed by atoms with Crippen molar-refractivity contribution >= 4 is 27.3 Å². The number of thiazole rings is 1. The maximum absolute atomic E-state index is 11.2. The highest BCUT2D eigenvalue weighted by molar-refractivity contribution is 9.10. The van der Waals surface area contributed by atoms with Crippen molar-refractivity contribution in [1.29, 1.82) is 0 Å². The third-order valence-electron chi connectivity index (χ3n) is 4.10. The van der Waals surface area contributed by atoms with Crippen LogP contribution in [0.4, 0.5) is 0 Å². The Bertz CT molecular complexity index is 848. The van der Waals surface area contributed by atoms with Crippen LogP contribution in [0.3, 0.4) is 0 Å². The van der Waals surface area contributed by atoms with Crippen molar-refractivity contribution < 1.29 is 5.11 Å². The van der Waals surface area contributed by atoms with Crippen LogP contribution >= 0.6 is 27.3 Å². The van der Waals surface area contributed by atoms with Gasteiger partial charge in [0.05, 0.1) is 5.69 Å². The van der Waals surface area contributed by atoms with E-state index in [1.54, 1.807) is 17.5 Å². The zero-order chi connectivity index (χ0) is 15.2. The minimum atomic E-state index is -0.999. The van der Waals surface area contributed by atoms with Crippen molar-refractivity contribution in [2.24, 2.45) is 0 Å². The average molecular weight is 373 g/mol. The number of aryl methyl sites for hydroxylation is 1. The second kappa shape index (κ2) is 5.26. The molecule has 1 atom stereocenters. The number of hydrogen-bond donors (Lipinski definition) is 1. The molecule has 0 amide bonds. The number of pyridine rings is 1. The van der Waals surface area contributed by atoms with E-state index in [0.717, 1.165) is 38.4 Å². The summed E-state index contributed by atoms with van der Waals surface area (Å²) in [4.78, 5) is 8.88. The van der Waals surface area contributed by atoms with E-state index in [-0.39, 0.29) is 0 Å². The Morgan fingerprint density at radius 2 is 2.14 bits per heavy atom. The zero-order valence-corrected chi connectivity index (χ0v) is 14.1. The standard InChI is InChI=1S/C17H13BrN2OS/c18-14-10-22-16(20-14)12-3-1-5-13(9-12)17(21)7-6-11-4-2-8-19-15(11)17/h1-5,8-10,21H,6-7H2. The largest absolute Gasteiger partial charge is 0.379 e. The third kappa shape index (κ3) is 2.20. The van der Waals surface area contributed by atoms with E-state index in [1.165, 1.54) is 0 Å². The number of aliphatic hydroxyl groups is 1. The first kappa shape index (κ1) is 14.1. The first-order valence-electron chi connectivity index (χ1n) is 7.05. The summed E-state index contributed by atoms with van der Waals surface area (Å²) in [5, 5.41) is 14.1. The molecule has 2 heterocycles. The van der Waals surface area contributed by atoms with Gasteiger partial charge in [-0.25, -0.2) is 4.98 Å². The predicted octanol–water partition coefficient (Wildman–Crippen LogP) is 4.15. The smallest absolute Gasteiger partial charge is 0.132 e. The summed E-state index contributed by atoms with van der Waals surface area (Å²) in [6, 6.07) is 12.0. The summed E-state index contributed by atoms with van der Waals surface area (Å²) in [7, 11) is 0. The Morgan fingerprint density at radius 3 is 2.95 bits per heavy atom. The van der Waals surface area contributed by atoms with Gasteiger partial charge in [-0.15, -0.1) is 11.3 Å². The van der Waals surface area contributed by atoms with Gasteiger partial charge in [0.25, 0.3) is 0 Å². The summed E-state index contributed by atoms with van der Waals surface area (Å²) in [5.41, 5.74) is 2.82. The lowest BCUT2D eigenvalue weighted by Crippen LogP contribution is -2.25. The third-order valence-corrected chi connectivity index (χ3v) is 5.70. The lowest BCUT2D eigenvalue weighted by Gasteiger charge is -2.24. The highest BCUT2D eigenvalue weighted by Gasteiger charge is 2.39. The second-order valence-electron chi connectivity index (χ2n) is 5.43. The van der Waals surface area contributed by atoms with E-state index >= 15 is 0 Å². The Balaban J connectivity index is 1.81. The molecule has 110 valence electrons. The Hall–Kier alpha value is -1.56. The Kier molecular flexibility index (Phi) is 3.36. The highest BCUT2D eigenvalue weighted by Crippen LogP contribution is 2.41. The summed E-state index contributed by atoms with van der Waals surface area (Å²) >= 11 is 4.97. The van der Waals surface area contributed by atoms with E-state index in [9.17, 15) is 5.11 Å². The average Bonchev–Trinajstić information content (AvgIpc) is 3.13. The van der Waals surface area contributed by atoms with Crippen LogP contribution in [0.5, 0.6) is 0 Å². The number of fused-ring (bicyclic) bond motifs is 1. The monoisotopic (exact) mass is 372 g/mol. The van der Waals surface area contributed by atoms with Crippen LogP contribution in [0.15, 0.2) is 52.6 Å². The molecule has 0 bridgehead atoms. The van der Waals surface area contributed by atoms with E-state index < -0.39 is 5.60 Å². The molecule has 3 aromatic rings. The molecule has 1 aliphatic carbocycles. The van der Waals surface area contributed by atoms with Crippen LogP contribution in [-0.2, 0) is 12.0 Å². The molecule has 22 heavy (non-hydrogen) atoms. The molecule has 0 radical (unpaired) electrons. The van der Waals surface area contributed by atoms with Gasteiger partial charge >= 0.3 is 0 Å². The topological polar surface area (TPSA) is 46.0 Å². The lowest BCUT2D eigenvalue weighted by molar-refractivity contribution is 0.0788. The molecule has 0 aliphatic heterocycles. The van der Waals surface area contributed by atoms with E-state index in [1.807, 2.05) is 41.8 Å². The minimum Gasteiger partial charge on any atom is -0.379 e. The van der Waals surface area contributed by atoms with Crippen molar-refractivity contribution in [3.63, 3.8) is 0 Å². The summed E-state index contributed by atoms with van der Waals surface area (Å²) in [5.74, 6) is 0. The first-order chi connectivity index (χ1) is 10.7. The Labute approximate surface area is 140 Å². The van der Waals surface area contributed by atoms with Crippen molar-refractivity contribution in [2.45, 2.75) is 18.4 Å². The fourth-order valence-corrected chi connectivity index (χ4v) is 4.27. The highest BCUT2D eigenvalue weighted by atomic mass is 79.9. The Morgan fingerprint density at radius 1 is 1.23 bits per heavy atom. The molecule has 1 unspecified atom stereocenters. The lowest BCUT2D eigenvalue weighted by atomic mass is 9.90. The molecule has 1 aliphatic rings. The van der Waals surface area contributed by atoms with Gasteiger partial charge in [0.2, 0.25) is 0 Å². The molecular formula is C17H13BrN2OS. The number of hydrogen-bond acceptors (Lipinski definition) is 4. The molecular weight excluding hydrogens is 360 g/mol. The maximum atomic E-state index is 11.2. The van der Waals surface area contributed by atoms with Gasteiger partial charge < -0.3 is 5.11 Å².